The van der Waals surface area contributed by atoms with Gasteiger partial charge in [-0.25, -0.2) is 0 Å². The predicted molar refractivity (Wildman–Crippen MR) is 77.2 cm³/mol. The highest BCUT2D eigenvalue weighted by Crippen LogP contribution is 2.24. The molecule has 2 fully saturated rings. The zero-order valence-corrected chi connectivity index (χ0v) is 12.8. The highest BCUT2D eigenvalue weighted by atomic mass is 32.2. The Hall–Kier alpha value is -0.170. The summed E-state index contributed by atoms with van der Waals surface area (Å²) < 4.78 is 28.4. The van der Waals surface area contributed by atoms with Gasteiger partial charge in [0.15, 0.2) is 0 Å². The zero-order valence-electron chi connectivity index (χ0n) is 12.0. The second-order valence-corrected chi connectivity index (χ2v) is 7.63. The molecule has 6 heteroatoms. The van der Waals surface area contributed by atoms with Crippen LogP contribution in [0.4, 0.5) is 0 Å². The van der Waals surface area contributed by atoms with Gasteiger partial charge in [0.25, 0.3) is 10.2 Å². The van der Waals surface area contributed by atoms with Gasteiger partial charge in [-0.2, -0.15) is 17.0 Å². The molecule has 2 rings (SSSR count). The second-order valence-electron chi connectivity index (χ2n) is 5.70. The molecule has 0 radical (unpaired) electrons. The summed E-state index contributed by atoms with van der Waals surface area (Å²) in [4.78, 5) is 0. The molecule has 2 aliphatic rings. The number of nitrogens with zero attached hydrogens (tertiary/aromatic N) is 2. The normalized spacial score (nSPS) is 24.7. The average Bonchev–Trinajstić information content (AvgIpc) is 2.46. The summed E-state index contributed by atoms with van der Waals surface area (Å²) in [5.41, 5.74) is 0. The number of piperidine rings is 2. The van der Waals surface area contributed by atoms with E-state index in [-0.39, 0.29) is 0 Å². The molecular weight excluding hydrogens is 262 g/mol. The Labute approximate surface area is 117 Å². The van der Waals surface area contributed by atoms with Gasteiger partial charge in [-0.15, -0.1) is 0 Å². The van der Waals surface area contributed by atoms with Crippen LogP contribution in [-0.4, -0.2) is 56.8 Å². The summed E-state index contributed by atoms with van der Waals surface area (Å²) >= 11 is 0. The first-order valence-corrected chi connectivity index (χ1v) is 8.94. The van der Waals surface area contributed by atoms with Crippen molar-refractivity contribution < 1.29 is 8.42 Å². The Bertz CT molecular complexity index is 358. The van der Waals surface area contributed by atoms with Gasteiger partial charge in [-0.1, -0.05) is 6.42 Å². The largest absolute Gasteiger partial charge is 0.320 e. The van der Waals surface area contributed by atoms with E-state index in [1.165, 1.54) is 0 Å². The van der Waals surface area contributed by atoms with Crippen molar-refractivity contribution in [2.24, 2.45) is 5.92 Å². The predicted octanol–water partition coefficient (Wildman–Crippen LogP) is 1.04. The molecule has 0 aliphatic carbocycles. The Kier molecular flexibility index (Phi) is 5.62. The first-order valence-electron chi connectivity index (χ1n) is 7.54. The molecule has 112 valence electrons. The highest BCUT2D eigenvalue weighted by Gasteiger charge is 2.33. The third kappa shape index (κ3) is 3.90. The van der Waals surface area contributed by atoms with E-state index >= 15 is 0 Å². The molecule has 0 unspecified atom stereocenters. The van der Waals surface area contributed by atoms with Crippen LogP contribution in [0.1, 0.15) is 38.5 Å². The Morgan fingerprint density at radius 1 is 1.00 bits per heavy atom. The van der Waals surface area contributed by atoms with Gasteiger partial charge in [0.1, 0.15) is 0 Å². The molecule has 0 atom stereocenters. The molecule has 0 spiro atoms. The lowest BCUT2D eigenvalue weighted by Crippen LogP contribution is -2.48. The SMILES string of the molecule is CNCCC1CCN(S(=O)(=O)N2CCCCC2)CC1. The van der Waals surface area contributed by atoms with E-state index in [1.54, 1.807) is 8.61 Å². The lowest BCUT2D eigenvalue weighted by molar-refractivity contribution is 0.238. The van der Waals surface area contributed by atoms with Crippen LogP contribution in [0, 0.1) is 5.92 Å². The Morgan fingerprint density at radius 3 is 2.16 bits per heavy atom. The summed E-state index contributed by atoms with van der Waals surface area (Å²) in [6.45, 7) is 3.86. The first kappa shape index (κ1) is 15.2. The number of nitrogens with one attached hydrogen (secondary N) is 1. The lowest BCUT2D eigenvalue weighted by atomic mass is 9.95. The Balaban J connectivity index is 1.85. The maximum Gasteiger partial charge on any atom is 0.281 e. The van der Waals surface area contributed by atoms with Crippen molar-refractivity contribution in [3.8, 4) is 0 Å². The fourth-order valence-electron chi connectivity index (χ4n) is 3.04. The van der Waals surface area contributed by atoms with Gasteiger partial charge >= 0.3 is 0 Å². The van der Waals surface area contributed by atoms with E-state index in [0.29, 0.717) is 32.1 Å². The minimum absolute atomic E-state index is 0.681. The number of rotatable bonds is 5. The van der Waals surface area contributed by atoms with Gasteiger partial charge in [0.05, 0.1) is 0 Å². The monoisotopic (exact) mass is 289 g/mol. The van der Waals surface area contributed by atoms with E-state index in [1.807, 2.05) is 7.05 Å². The van der Waals surface area contributed by atoms with Crippen LogP contribution in [0.2, 0.25) is 0 Å². The molecule has 0 saturated carbocycles. The van der Waals surface area contributed by atoms with Crippen LogP contribution in [0.5, 0.6) is 0 Å². The molecule has 0 amide bonds. The summed E-state index contributed by atoms with van der Waals surface area (Å²) in [6.07, 6.45) is 6.37. The van der Waals surface area contributed by atoms with Gasteiger partial charge in [0, 0.05) is 26.2 Å². The zero-order chi connectivity index (χ0) is 13.7. The average molecular weight is 289 g/mol. The summed E-state index contributed by atoms with van der Waals surface area (Å²) in [5, 5.41) is 3.17. The minimum atomic E-state index is -3.18. The van der Waals surface area contributed by atoms with Crippen molar-refractivity contribution >= 4 is 10.2 Å². The summed E-state index contributed by atoms with van der Waals surface area (Å²) in [6, 6.07) is 0. The van der Waals surface area contributed by atoms with Crippen molar-refractivity contribution in [1.29, 1.82) is 0 Å². The van der Waals surface area contributed by atoms with Gasteiger partial charge in [0.2, 0.25) is 0 Å². The van der Waals surface area contributed by atoms with E-state index < -0.39 is 10.2 Å². The molecule has 0 aromatic carbocycles. The standard InChI is InChI=1S/C13H27N3O2S/c1-14-8-5-13-6-11-16(12-7-13)19(17,18)15-9-3-2-4-10-15/h13-14H,2-12H2,1H3. The van der Waals surface area contributed by atoms with Crippen LogP contribution in [0.15, 0.2) is 0 Å². The van der Waals surface area contributed by atoms with Crippen LogP contribution in [0.25, 0.3) is 0 Å². The van der Waals surface area contributed by atoms with Crippen molar-refractivity contribution in [3.05, 3.63) is 0 Å². The van der Waals surface area contributed by atoms with Gasteiger partial charge < -0.3 is 5.32 Å². The molecule has 5 nitrogen and oxygen atoms in total. The Morgan fingerprint density at radius 2 is 1.58 bits per heavy atom. The lowest BCUT2D eigenvalue weighted by Gasteiger charge is -2.36. The molecule has 19 heavy (non-hydrogen) atoms. The second kappa shape index (κ2) is 7.02. The van der Waals surface area contributed by atoms with Crippen molar-refractivity contribution in [3.63, 3.8) is 0 Å². The third-order valence-electron chi connectivity index (χ3n) is 4.34. The molecule has 2 aliphatic heterocycles. The van der Waals surface area contributed by atoms with Crippen LogP contribution < -0.4 is 5.32 Å². The highest BCUT2D eigenvalue weighted by molar-refractivity contribution is 7.86. The molecule has 2 heterocycles. The minimum Gasteiger partial charge on any atom is -0.320 e. The quantitative estimate of drug-likeness (QED) is 0.823. The smallest absolute Gasteiger partial charge is 0.281 e. The number of hydrogen-bond acceptors (Lipinski definition) is 3. The topological polar surface area (TPSA) is 52.7 Å². The van der Waals surface area contributed by atoms with Crippen molar-refractivity contribution in [2.45, 2.75) is 38.5 Å². The van der Waals surface area contributed by atoms with Crippen molar-refractivity contribution in [1.82, 2.24) is 13.9 Å². The fraction of sp³-hybridized carbons (Fsp3) is 1.00. The molecular formula is C13H27N3O2S. The molecule has 0 aromatic rings. The third-order valence-corrected chi connectivity index (χ3v) is 6.38. The van der Waals surface area contributed by atoms with E-state index in [0.717, 1.165) is 45.1 Å². The summed E-state index contributed by atoms with van der Waals surface area (Å²) in [7, 11) is -1.21. The fourth-order valence-corrected chi connectivity index (χ4v) is 4.75. The molecule has 2 saturated heterocycles. The van der Waals surface area contributed by atoms with E-state index in [2.05, 4.69) is 5.32 Å². The van der Waals surface area contributed by atoms with E-state index in [4.69, 9.17) is 0 Å². The van der Waals surface area contributed by atoms with Gasteiger partial charge in [-0.05, 0) is 51.6 Å². The molecule has 0 aromatic heterocycles. The van der Waals surface area contributed by atoms with Gasteiger partial charge in [-0.3, -0.25) is 0 Å². The number of hydrogen-bond donors (Lipinski definition) is 1. The van der Waals surface area contributed by atoms with Crippen LogP contribution in [0.3, 0.4) is 0 Å². The molecule has 0 bridgehead atoms. The van der Waals surface area contributed by atoms with Crippen LogP contribution >= 0.6 is 0 Å². The first-order chi connectivity index (χ1) is 9.14. The maximum absolute atomic E-state index is 12.5. The van der Waals surface area contributed by atoms with E-state index in [9.17, 15) is 8.42 Å². The summed E-state index contributed by atoms with van der Waals surface area (Å²) in [5.74, 6) is 0.681. The maximum atomic E-state index is 12.5. The molecule has 1 N–H and O–H groups in total. The van der Waals surface area contributed by atoms with Crippen molar-refractivity contribution in [2.75, 3.05) is 39.8 Å². The van der Waals surface area contributed by atoms with Crippen LogP contribution in [-0.2, 0) is 10.2 Å².